The van der Waals surface area contributed by atoms with Gasteiger partial charge in [-0.3, -0.25) is 0 Å². The van der Waals surface area contributed by atoms with Gasteiger partial charge in [0.05, 0.1) is 11.3 Å². The molecular formula is C15H18N4OS. The van der Waals surface area contributed by atoms with Crippen molar-refractivity contribution in [3.63, 3.8) is 0 Å². The van der Waals surface area contributed by atoms with Gasteiger partial charge in [0, 0.05) is 11.1 Å². The maximum Gasteiger partial charge on any atom is 0.226 e. The van der Waals surface area contributed by atoms with E-state index in [2.05, 4.69) is 21.3 Å². The largest absolute Gasteiger partial charge is 0.424 e. The van der Waals surface area contributed by atoms with E-state index in [4.69, 9.17) is 4.42 Å². The number of rotatable bonds is 3. The Kier molecular flexibility index (Phi) is 4.33. The SMILES string of the molecule is Cc1cc(C)c(C#N)c(SCc2nnc(C(C)(C)C)o2)n1. The Morgan fingerprint density at radius 2 is 2.00 bits per heavy atom. The molecule has 0 radical (unpaired) electrons. The summed E-state index contributed by atoms with van der Waals surface area (Å²) >= 11 is 1.45. The van der Waals surface area contributed by atoms with Crippen molar-refractivity contribution >= 4 is 11.8 Å². The van der Waals surface area contributed by atoms with Gasteiger partial charge in [0.1, 0.15) is 11.1 Å². The monoisotopic (exact) mass is 302 g/mol. The summed E-state index contributed by atoms with van der Waals surface area (Å²) in [6.07, 6.45) is 0. The molecule has 0 unspecified atom stereocenters. The number of aromatic nitrogens is 3. The van der Waals surface area contributed by atoms with Crippen molar-refractivity contribution in [2.24, 2.45) is 0 Å². The van der Waals surface area contributed by atoms with Gasteiger partial charge in [-0.1, -0.05) is 32.5 Å². The fraction of sp³-hybridized carbons (Fsp3) is 0.467. The molecule has 2 heterocycles. The van der Waals surface area contributed by atoms with Crippen LogP contribution in [0.3, 0.4) is 0 Å². The number of aryl methyl sites for hydroxylation is 2. The fourth-order valence-corrected chi connectivity index (χ4v) is 2.72. The van der Waals surface area contributed by atoms with E-state index in [0.29, 0.717) is 28.1 Å². The molecule has 2 rings (SSSR count). The lowest BCUT2D eigenvalue weighted by molar-refractivity contribution is 0.378. The average molecular weight is 302 g/mol. The van der Waals surface area contributed by atoms with Crippen molar-refractivity contribution in [2.75, 3.05) is 0 Å². The molecule has 21 heavy (non-hydrogen) atoms. The standard InChI is InChI=1S/C15H18N4OS/c1-9-6-10(2)17-13(11(9)7-16)21-8-12-18-19-14(20-12)15(3,4)5/h6H,8H2,1-5H3. The van der Waals surface area contributed by atoms with E-state index in [1.54, 1.807) is 0 Å². The molecule has 110 valence electrons. The van der Waals surface area contributed by atoms with Crippen molar-refractivity contribution in [1.29, 1.82) is 5.26 Å². The van der Waals surface area contributed by atoms with Crippen LogP contribution in [0.25, 0.3) is 0 Å². The number of hydrogen-bond acceptors (Lipinski definition) is 6. The van der Waals surface area contributed by atoms with Gasteiger partial charge in [0.25, 0.3) is 0 Å². The minimum absolute atomic E-state index is 0.161. The highest BCUT2D eigenvalue weighted by molar-refractivity contribution is 7.98. The Bertz CT molecular complexity index is 695. The maximum absolute atomic E-state index is 9.24. The van der Waals surface area contributed by atoms with E-state index in [1.165, 1.54) is 11.8 Å². The summed E-state index contributed by atoms with van der Waals surface area (Å²) in [5.41, 5.74) is 2.29. The van der Waals surface area contributed by atoms with Crippen LogP contribution >= 0.6 is 11.8 Å². The van der Waals surface area contributed by atoms with Crippen LogP contribution in [0.2, 0.25) is 0 Å². The van der Waals surface area contributed by atoms with Crippen LogP contribution in [0, 0.1) is 25.2 Å². The molecule has 5 nitrogen and oxygen atoms in total. The summed E-state index contributed by atoms with van der Waals surface area (Å²) in [5, 5.41) is 18.1. The summed E-state index contributed by atoms with van der Waals surface area (Å²) in [4.78, 5) is 4.43. The predicted octanol–water partition coefficient (Wildman–Crippen LogP) is 3.54. The van der Waals surface area contributed by atoms with Crippen LogP contribution in [0.5, 0.6) is 0 Å². The van der Waals surface area contributed by atoms with Gasteiger partial charge < -0.3 is 4.42 Å². The van der Waals surface area contributed by atoms with Crippen LogP contribution in [-0.2, 0) is 11.2 Å². The van der Waals surface area contributed by atoms with Crippen molar-refractivity contribution in [1.82, 2.24) is 15.2 Å². The molecule has 0 saturated carbocycles. The molecule has 0 aliphatic heterocycles. The smallest absolute Gasteiger partial charge is 0.226 e. The van der Waals surface area contributed by atoms with Gasteiger partial charge in [-0.25, -0.2) is 4.98 Å². The zero-order chi connectivity index (χ0) is 15.6. The first-order valence-electron chi connectivity index (χ1n) is 6.65. The Labute approximate surface area is 128 Å². The second-order valence-electron chi connectivity index (χ2n) is 5.91. The second kappa shape index (κ2) is 5.86. The highest BCUT2D eigenvalue weighted by Gasteiger charge is 2.21. The summed E-state index contributed by atoms with van der Waals surface area (Å²) in [6.45, 7) is 9.91. The van der Waals surface area contributed by atoms with E-state index in [1.807, 2.05) is 40.7 Å². The van der Waals surface area contributed by atoms with Crippen LogP contribution < -0.4 is 0 Å². The van der Waals surface area contributed by atoms with E-state index >= 15 is 0 Å². The van der Waals surface area contributed by atoms with Gasteiger partial charge >= 0.3 is 0 Å². The molecule has 6 heteroatoms. The van der Waals surface area contributed by atoms with E-state index in [-0.39, 0.29) is 5.41 Å². The van der Waals surface area contributed by atoms with Gasteiger partial charge in [-0.2, -0.15) is 5.26 Å². The van der Waals surface area contributed by atoms with E-state index in [0.717, 1.165) is 11.3 Å². The molecule has 0 fully saturated rings. The third kappa shape index (κ3) is 3.61. The van der Waals surface area contributed by atoms with Crippen LogP contribution in [-0.4, -0.2) is 15.2 Å². The zero-order valence-corrected chi connectivity index (χ0v) is 13.7. The first-order valence-corrected chi connectivity index (χ1v) is 7.64. The molecule has 0 atom stereocenters. The predicted molar refractivity (Wildman–Crippen MR) is 81.0 cm³/mol. The zero-order valence-electron chi connectivity index (χ0n) is 12.9. The van der Waals surface area contributed by atoms with Crippen LogP contribution in [0.1, 0.15) is 49.4 Å². The normalized spacial score (nSPS) is 11.4. The Balaban J connectivity index is 2.17. The topological polar surface area (TPSA) is 75.6 Å². The maximum atomic E-state index is 9.24. The van der Waals surface area contributed by atoms with Crippen molar-refractivity contribution in [2.45, 2.75) is 50.8 Å². The van der Waals surface area contributed by atoms with Gasteiger partial charge in [-0.15, -0.1) is 10.2 Å². The minimum atomic E-state index is -0.161. The van der Waals surface area contributed by atoms with Gasteiger partial charge in [-0.05, 0) is 25.5 Å². The first kappa shape index (κ1) is 15.5. The van der Waals surface area contributed by atoms with Crippen molar-refractivity contribution < 1.29 is 4.42 Å². The van der Waals surface area contributed by atoms with Crippen LogP contribution in [0.4, 0.5) is 0 Å². The van der Waals surface area contributed by atoms with E-state index in [9.17, 15) is 5.26 Å². The van der Waals surface area contributed by atoms with Gasteiger partial charge in [0.2, 0.25) is 11.8 Å². The van der Waals surface area contributed by atoms with E-state index < -0.39 is 0 Å². The molecule has 0 saturated heterocycles. The highest BCUT2D eigenvalue weighted by atomic mass is 32.2. The quantitative estimate of drug-likeness (QED) is 0.807. The number of nitrogens with zero attached hydrogens (tertiary/aromatic N) is 4. The third-order valence-corrected chi connectivity index (χ3v) is 3.82. The number of hydrogen-bond donors (Lipinski definition) is 0. The molecule has 2 aromatic rings. The molecule has 0 bridgehead atoms. The lowest BCUT2D eigenvalue weighted by Gasteiger charge is -2.11. The lowest BCUT2D eigenvalue weighted by Crippen LogP contribution is -2.11. The Morgan fingerprint density at radius 1 is 1.29 bits per heavy atom. The molecule has 0 spiro atoms. The fourth-order valence-electron chi connectivity index (χ4n) is 1.79. The second-order valence-corrected chi connectivity index (χ2v) is 6.88. The molecule has 0 aliphatic rings. The summed E-state index contributed by atoms with van der Waals surface area (Å²) in [7, 11) is 0. The molecule has 0 aliphatic carbocycles. The number of thioether (sulfide) groups is 1. The first-order chi connectivity index (χ1) is 9.81. The molecule has 0 aromatic carbocycles. The Hall–Kier alpha value is -1.87. The lowest BCUT2D eigenvalue weighted by atomic mass is 9.97. The average Bonchev–Trinajstić information content (AvgIpc) is 2.84. The summed E-state index contributed by atoms with van der Waals surface area (Å²) in [6, 6.07) is 4.12. The molecular weight excluding hydrogens is 284 g/mol. The van der Waals surface area contributed by atoms with Gasteiger partial charge in [0.15, 0.2) is 0 Å². The summed E-state index contributed by atoms with van der Waals surface area (Å²) < 4.78 is 5.65. The van der Waals surface area contributed by atoms with Crippen molar-refractivity contribution in [3.05, 3.63) is 34.7 Å². The highest BCUT2D eigenvalue weighted by Crippen LogP contribution is 2.27. The molecule has 0 N–H and O–H groups in total. The molecule has 2 aromatic heterocycles. The number of nitriles is 1. The van der Waals surface area contributed by atoms with Crippen LogP contribution in [0.15, 0.2) is 15.5 Å². The number of pyridine rings is 1. The third-order valence-electron chi connectivity index (χ3n) is 2.86. The Morgan fingerprint density at radius 3 is 2.57 bits per heavy atom. The minimum Gasteiger partial charge on any atom is -0.424 e. The summed E-state index contributed by atoms with van der Waals surface area (Å²) in [5.74, 6) is 1.68. The molecule has 0 amide bonds. The van der Waals surface area contributed by atoms with Crippen molar-refractivity contribution in [3.8, 4) is 6.07 Å².